The number of nitrogens with two attached hydrogens (primary N) is 1. The van der Waals surface area contributed by atoms with Crippen molar-refractivity contribution in [3.63, 3.8) is 0 Å². The Bertz CT molecular complexity index is 325. The van der Waals surface area contributed by atoms with Crippen LogP contribution in [0, 0.1) is 6.92 Å². The van der Waals surface area contributed by atoms with Crippen LogP contribution in [0.4, 0.5) is 0 Å². The van der Waals surface area contributed by atoms with E-state index in [0.717, 1.165) is 24.0 Å². The molecule has 0 heterocycles. The number of benzene rings is 1. The van der Waals surface area contributed by atoms with Gasteiger partial charge < -0.3 is 10.8 Å². The largest absolute Gasteiger partial charge is 0.506 e. The van der Waals surface area contributed by atoms with E-state index < -0.39 is 0 Å². The first kappa shape index (κ1) is 11.3. The molecule has 0 aromatic heterocycles. The van der Waals surface area contributed by atoms with Crippen molar-refractivity contribution >= 4 is 11.6 Å². The lowest BCUT2D eigenvalue weighted by atomic mass is 10.0. The summed E-state index contributed by atoms with van der Waals surface area (Å²) in [6, 6.07) is 3.50. The van der Waals surface area contributed by atoms with Crippen LogP contribution in [0.3, 0.4) is 0 Å². The maximum atomic E-state index is 9.71. The second-order valence-corrected chi connectivity index (χ2v) is 3.99. The van der Waals surface area contributed by atoms with E-state index in [4.69, 9.17) is 17.3 Å². The Hall–Kier alpha value is -0.730. The van der Waals surface area contributed by atoms with Crippen LogP contribution in [-0.2, 0) is 0 Å². The van der Waals surface area contributed by atoms with E-state index >= 15 is 0 Å². The molecule has 14 heavy (non-hydrogen) atoms. The summed E-state index contributed by atoms with van der Waals surface area (Å²) >= 11 is 5.86. The molecule has 0 fully saturated rings. The fraction of sp³-hybridized carbons (Fsp3) is 0.455. The lowest BCUT2D eigenvalue weighted by Gasteiger charge is -2.14. The lowest BCUT2D eigenvalue weighted by Crippen LogP contribution is -2.10. The summed E-state index contributed by atoms with van der Waals surface area (Å²) < 4.78 is 0. The molecule has 3 heteroatoms. The van der Waals surface area contributed by atoms with Crippen molar-refractivity contribution in [2.45, 2.75) is 32.7 Å². The van der Waals surface area contributed by atoms with Crippen molar-refractivity contribution in [2.75, 3.05) is 0 Å². The molecule has 0 unspecified atom stereocenters. The summed E-state index contributed by atoms with van der Waals surface area (Å²) in [7, 11) is 0. The molecule has 0 aliphatic heterocycles. The molecule has 78 valence electrons. The fourth-order valence-electron chi connectivity index (χ4n) is 1.51. The van der Waals surface area contributed by atoms with Gasteiger partial charge in [0.2, 0.25) is 0 Å². The van der Waals surface area contributed by atoms with Crippen LogP contribution >= 0.6 is 11.6 Å². The van der Waals surface area contributed by atoms with Crippen molar-refractivity contribution in [3.05, 3.63) is 28.3 Å². The molecule has 1 rings (SSSR count). The number of hydrogen-bond donors (Lipinski definition) is 2. The maximum Gasteiger partial charge on any atom is 0.138 e. The Labute approximate surface area is 89.7 Å². The second kappa shape index (κ2) is 4.67. The minimum Gasteiger partial charge on any atom is -0.506 e. The van der Waals surface area contributed by atoms with E-state index in [9.17, 15) is 5.11 Å². The zero-order valence-electron chi connectivity index (χ0n) is 8.55. The summed E-state index contributed by atoms with van der Waals surface area (Å²) in [5.74, 6) is 0.123. The minimum absolute atomic E-state index is 0.123. The number of aromatic hydroxyl groups is 1. The van der Waals surface area contributed by atoms with E-state index in [1.54, 1.807) is 6.07 Å². The molecule has 0 saturated heterocycles. The Morgan fingerprint density at radius 1 is 1.50 bits per heavy atom. The molecule has 1 atom stereocenters. The standard InChI is InChI=1S/C11H16ClNO/c1-3-4-10(13)8-5-7(2)6-9(12)11(8)14/h5-6,10,14H,3-4,13H2,1-2H3/t10-/m1/s1. The molecule has 0 aliphatic carbocycles. The first-order valence-electron chi connectivity index (χ1n) is 4.80. The molecule has 0 spiro atoms. The summed E-state index contributed by atoms with van der Waals surface area (Å²) in [4.78, 5) is 0. The summed E-state index contributed by atoms with van der Waals surface area (Å²) in [6.07, 6.45) is 1.85. The highest BCUT2D eigenvalue weighted by Gasteiger charge is 2.13. The summed E-state index contributed by atoms with van der Waals surface area (Å²) in [6.45, 7) is 4.00. The number of hydrogen-bond acceptors (Lipinski definition) is 2. The Kier molecular flexibility index (Phi) is 3.78. The highest BCUT2D eigenvalue weighted by atomic mass is 35.5. The zero-order valence-corrected chi connectivity index (χ0v) is 9.30. The predicted octanol–water partition coefficient (Wildman–Crippen LogP) is 3.15. The van der Waals surface area contributed by atoms with Crippen LogP contribution < -0.4 is 5.73 Å². The monoisotopic (exact) mass is 213 g/mol. The SMILES string of the molecule is CCC[C@@H](N)c1cc(C)cc(Cl)c1O. The zero-order chi connectivity index (χ0) is 10.7. The Balaban J connectivity index is 3.07. The molecule has 0 aliphatic rings. The molecule has 0 radical (unpaired) electrons. The van der Waals surface area contributed by atoms with Crippen LogP contribution in [0.5, 0.6) is 5.75 Å². The van der Waals surface area contributed by atoms with Gasteiger partial charge in [-0.25, -0.2) is 0 Å². The molecule has 0 amide bonds. The van der Waals surface area contributed by atoms with Crippen LogP contribution in [0.15, 0.2) is 12.1 Å². The van der Waals surface area contributed by atoms with Gasteiger partial charge in [-0.05, 0) is 25.0 Å². The molecule has 1 aromatic carbocycles. The molecule has 3 N–H and O–H groups in total. The number of halogens is 1. The maximum absolute atomic E-state index is 9.71. The van der Waals surface area contributed by atoms with Gasteiger partial charge >= 0.3 is 0 Å². The van der Waals surface area contributed by atoms with Crippen molar-refractivity contribution in [3.8, 4) is 5.75 Å². The first-order chi connectivity index (χ1) is 6.56. The van der Waals surface area contributed by atoms with Gasteiger partial charge in [0, 0.05) is 11.6 Å². The van der Waals surface area contributed by atoms with Gasteiger partial charge in [0.1, 0.15) is 5.75 Å². The molecule has 2 nitrogen and oxygen atoms in total. The number of phenolic OH excluding ortho intramolecular Hbond substituents is 1. The quantitative estimate of drug-likeness (QED) is 0.810. The van der Waals surface area contributed by atoms with Crippen LogP contribution in [-0.4, -0.2) is 5.11 Å². The van der Waals surface area contributed by atoms with Crippen LogP contribution in [0.2, 0.25) is 5.02 Å². The van der Waals surface area contributed by atoms with Crippen LogP contribution in [0.1, 0.15) is 36.9 Å². The highest BCUT2D eigenvalue weighted by molar-refractivity contribution is 6.32. The van der Waals surface area contributed by atoms with Gasteiger partial charge in [-0.1, -0.05) is 31.0 Å². The third-order valence-corrected chi connectivity index (χ3v) is 2.52. The van der Waals surface area contributed by atoms with Crippen molar-refractivity contribution in [2.24, 2.45) is 5.73 Å². The van der Waals surface area contributed by atoms with Gasteiger partial charge in [-0.15, -0.1) is 0 Å². The van der Waals surface area contributed by atoms with Gasteiger partial charge in [0.05, 0.1) is 5.02 Å². The average Bonchev–Trinajstić information content (AvgIpc) is 2.11. The molecule has 1 aromatic rings. The molecule has 0 saturated carbocycles. The molecule has 0 bridgehead atoms. The predicted molar refractivity (Wildman–Crippen MR) is 59.7 cm³/mol. The summed E-state index contributed by atoms with van der Waals surface area (Å²) in [5, 5.41) is 10.1. The molecular formula is C11H16ClNO. The lowest BCUT2D eigenvalue weighted by molar-refractivity contribution is 0.458. The van der Waals surface area contributed by atoms with Gasteiger partial charge in [0.25, 0.3) is 0 Å². The average molecular weight is 214 g/mol. The number of aryl methyl sites for hydroxylation is 1. The normalized spacial score (nSPS) is 12.9. The fourth-order valence-corrected chi connectivity index (χ4v) is 1.79. The highest BCUT2D eigenvalue weighted by Crippen LogP contribution is 2.33. The van der Waals surface area contributed by atoms with Crippen molar-refractivity contribution in [1.82, 2.24) is 0 Å². The van der Waals surface area contributed by atoms with E-state index in [1.165, 1.54) is 0 Å². The number of rotatable bonds is 3. The molecular weight excluding hydrogens is 198 g/mol. The van der Waals surface area contributed by atoms with Gasteiger partial charge in [0.15, 0.2) is 0 Å². The minimum atomic E-state index is -0.127. The van der Waals surface area contributed by atoms with Crippen molar-refractivity contribution < 1.29 is 5.11 Å². The number of phenols is 1. The van der Waals surface area contributed by atoms with E-state index in [-0.39, 0.29) is 11.8 Å². The van der Waals surface area contributed by atoms with E-state index in [0.29, 0.717) is 5.02 Å². The van der Waals surface area contributed by atoms with E-state index in [2.05, 4.69) is 6.92 Å². The smallest absolute Gasteiger partial charge is 0.138 e. The second-order valence-electron chi connectivity index (χ2n) is 3.58. The Morgan fingerprint density at radius 2 is 2.14 bits per heavy atom. The van der Waals surface area contributed by atoms with Gasteiger partial charge in [-0.2, -0.15) is 0 Å². The topological polar surface area (TPSA) is 46.2 Å². The van der Waals surface area contributed by atoms with Crippen LogP contribution in [0.25, 0.3) is 0 Å². The third kappa shape index (κ3) is 2.40. The van der Waals surface area contributed by atoms with Crippen molar-refractivity contribution in [1.29, 1.82) is 0 Å². The van der Waals surface area contributed by atoms with Gasteiger partial charge in [-0.3, -0.25) is 0 Å². The Morgan fingerprint density at radius 3 is 2.71 bits per heavy atom. The van der Waals surface area contributed by atoms with E-state index in [1.807, 2.05) is 13.0 Å². The first-order valence-corrected chi connectivity index (χ1v) is 5.18. The summed E-state index contributed by atoms with van der Waals surface area (Å²) in [5.41, 5.74) is 7.70. The third-order valence-electron chi connectivity index (χ3n) is 2.24.